The quantitative estimate of drug-likeness (QED) is 0.470. The summed E-state index contributed by atoms with van der Waals surface area (Å²) < 4.78 is 5.44. The molecule has 132 valence electrons. The Morgan fingerprint density at radius 1 is 1.12 bits per heavy atom. The number of hydrogen-bond acceptors (Lipinski definition) is 5. The second-order valence-corrected chi connectivity index (χ2v) is 6.13. The lowest BCUT2D eigenvalue weighted by molar-refractivity contribution is -0.120. The van der Waals surface area contributed by atoms with Gasteiger partial charge in [-0.3, -0.25) is 15.2 Å². The molecule has 1 aromatic heterocycles. The smallest absolute Gasteiger partial charge is 0.238 e. The number of benzene rings is 1. The van der Waals surface area contributed by atoms with Crippen molar-refractivity contribution in [3.8, 4) is 0 Å². The van der Waals surface area contributed by atoms with Crippen molar-refractivity contribution in [2.24, 2.45) is 5.84 Å². The molecular formula is C19H24N4O2. The van der Waals surface area contributed by atoms with Gasteiger partial charge in [-0.05, 0) is 36.1 Å². The highest BCUT2D eigenvalue weighted by molar-refractivity contribution is 5.77. The number of hydrogen-bond donors (Lipinski definition) is 2. The molecule has 1 saturated heterocycles. The van der Waals surface area contributed by atoms with E-state index in [1.807, 2.05) is 24.4 Å². The topological polar surface area (TPSA) is 80.5 Å². The zero-order valence-corrected chi connectivity index (χ0v) is 14.3. The van der Waals surface area contributed by atoms with Crippen molar-refractivity contribution >= 4 is 11.6 Å². The lowest BCUT2D eigenvalue weighted by Crippen LogP contribution is -2.37. The van der Waals surface area contributed by atoms with Gasteiger partial charge >= 0.3 is 0 Å². The number of nitrogens with two attached hydrogens (primary N) is 1. The van der Waals surface area contributed by atoms with Crippen LogP contribution in [0.3, 0.4) is 0 Å². The van der Waals surface area contributed by atoms with Crippen LogP contribution in [0.2, 0.25) is 0 Å². The number of nitrogens with one attached hydrogen (secondary N) is 1. The van der Waals surface area contributed by atoms with Crippen LogP contribution >= 0.6 is 0 Å². The summed E-state index contributed by atoms with van der Waals surface area (Å²) in [6.45, 7) is 3.37. The Bertz CT molecular complexity index is 697. The van der Waals surface area contributed by atoms with Gasteiger partial charge in [-0.25, -0.2) is 5.84 Å². The molecule has 1 aliphatic rings. The van der Waals surface area contributed by atoms with Gasteiger partial charge < -0.3 is 9.64 Å². The molecule has 2 heterocycles. The first kappa shape index (κ1) is 17.4. The fourth-order valence-corrected chi connectivity index (χ4v) is 3.04. The van der Waals surface area contributed by atoms with Gasteiger partial charge in [0.25, 0.3) is 0 Å². The van der Waals surface area contributed by atoms with E-state index in [9.17, 15) is 4.79 Å². The molecule has 0 atom stereocenters. The van der Waals surface area contributed by atoms with Crippen molar-refractivity contribution in [1.82, 2.24) is 10.4 Å². The molecule has 0 unspecified atom stereocenters. The Morgan fingerprint density at radius 2 is 1.84 bits per heavy atom. The Kier molecular flexibility index (Phi) is 5.98. The van der Waals surface area contributed by atoms with E-state index in [4.69, 9.17) is 10.6 Å². The first-order chi connectivity index (χ1) is 12.3. The first-order valence-corrected chi connectivity index (χ1v) is 8.60. The van der Waals surface area contributed by atoms with Crippen molar-refractivity contribution in [3.63, 3.8) is 0 Å². The number of rotatable bonds is 6. The van der Waals surface area contributed by atoms with Crippen molar-refractivity contribution in [2.45, 2.75) is 19.3 Å². The third kappa shape index (κ3) is 4.78. The number of pyridine rings is 1. The summed E-state index contributed by atoms with van der Waals surface area (Å²) in [7, 11) is 0. The van der Waals surface area contributed by atoms with Crippen molar-refractivity contribution in [2.75, 3.05) is 31.2 Å². The fraction of sp³-hybridized carbons (Fsp3) is 0.368. The second-order valence-electron chi connectivity index (χ2n) is 6.13. The molecule has 3 N–H and O–H groups in total. The Hall–Kier alpha value is -2.44. The Labute approximate surface area is 148 Å². The van der Waals surface area contributed by atoms with Crippen molar-refractivity contribution in [1.29, 1.82) is 0 Å². The number of carbonyl (C=O) groups is 1. The van der Waals surface area contributed by atoms with Crippen molar-refractivity contribution < 1.29 is 9.53 Å². The second kappa shape index (κ2) is 8.60. The number of morpholine rings is 1. The van der Waals surface area contributed by atoms with Gasteiger partial charge in [-0.2, -0.15) is 0 Å². The highest BCUT2D eigenvalue weighted by Gasteiger charge is 2.15. The minimum absolute atomic E-state index is 0.184. The maximum atomic E-state index is 11.3. The molecule has 1 fully saturated rings. The highest BCUT2D eigenvalue weighted by Crippen LogP contribution is 2.21. The Balaban J connectivity index is 1.62. The predicted octanol–water partition coefficient (Wildman–Crippen LogP) is 1.24. The lowest BCUT2D eigenvalue weighted by Gasteiger charge is -2.30. The van der Waals surface area contributed by atoms with E-state index < -0.39 is 0 Å². The number of aryl methyl sites for hydroxylation is 2. The number of carbonyl (C=O) groups excluding carboxylic acids is 1. The summed E-state index contributed by atoms with van der Waals surface area (Å²) in [5.41, 5.74) is 6.67. The fourth-order valence-electron chi connectivity index (χ4n) is 3.04. The number of nitrogens with zero attached hydrogens (tertiary/aromatic N) is 2. The average Bonchev–Trinajstić information content (AvgIpc) is 2.68. The molecule has 0 aliphatic carbocycles. The van der Waals surface area contributed by atoms with E-state index in [1.54, 1.807) is 0 Å². The third-order valence-electron chi connectivity index (χ3n) is 4.42. The van der Waals surface area contributed by atoms with Gasteiger partial charge in [0.15, 0.2) is 0 Å². The molecule has 0 spiro atoms. The molecule has 1 amide bonds. The summed E-state index contributed by atoms with van der Waals surface area (Å²) in [5.74, 6) is 4.94. The summed E-state index contributed by atoms with van der Waals surface area (Å²) in [4.78, 5) is 18.2. The van der Waals surface area contributed by atoms with Crippen LogP contribution in [0.5, 0.6) is 0 Å². The number of ether oxygens (including phenoxy) is 1. The van der Waals surface area contributed by atoms with Crippen LogP contribution in [0, 0.1) is 0 Å². The van der Waals surface area contributed by atoms with Gasteiger partial charge in [0.05, 0.1) is 31.0 Å². The summed E-state index contributed by atoms with van der Waals surface area (Å²) in [6, 6.07) is 12.2. The molecule has 25 heavy (non-hydrogen) atoms. The minimum atomic E-state index is -0.184. The minimum Gasteiger partial charge on any atom is -0.378 e. The van der Waals surface area contributed by atoms with Gasteiger partial charge in [0.2, 0.25) is 5.91 Å². The number of amides is 1. The molecule has 0 saturated carbocycles. The van der Waals surface area contributed by atoms with E-state index >= 15 is 0 Å². The van der Waals surface area contributed by atoms with E-state index in [2.05, 4.69) is 33.5 Å². The number of aromatic nitrogens is 1. The van der Waals surface area contributed by atoms with Gasteiger partial charge in [0.1, 0.15) is 0 Å². The van der Waals surface area contributed by atoms with E-state index in [0.717, 1.165) is 50.4 Å². The maximum absolute atomic E-state index is 11.3. The number of anilines is 1. The molecular weight excluding hydrogens is 316 g/mol. The Morgan fingerprint density at radius 3 is 2.56 bits per heavy atom. The maximum Gasteiger partial charge on any atom is 0.238 e. The molecule has 6 heteroatoms. The molecule has 1 aliphatic heterocycles. The first-order valence-electron chi connectivity index (χ1n) is 8.60. The molecule has 6 nitrogen and oxygen atoms in total. The molecule has 3 rings (SSSR count). The zero-order chi connectivity index (χ0) is 17.5. The average molecular weight is 340 g/mol. The van der Waals surface area contributed by atoms with Crippen molar-refractivity contribution in [3.05, 3.63) is 59.4 Å². The van der Waals surface area contributed by atoms with E-state index in [-0.39, 0.29) is 5.91 Å². The van der Waals surface area contributed by atoms with E-state index in [0.29, 0.717) is 6.42 Å². The summed E-state index contributed by atoms with van der Waals surface area (Å²) in [5, 5.41) is 0. The van der Waals surface area contributed by atoms with Crippen LogP contribution in [0.25, 0.3) is 0 Å². The van der Waals surface area contributed by atoms with Gasteiger partial charge in [-0.15, -0.1) is 0 Å². The molecule has 2 aromatic rings. The van der Waals surface area contributed by atoms with Crippen LogP contribution in [0.4, 0.5) is 5.69 Å². The largest absolute Gasteiger partial charge is 0.378 e. The monoisotopic (exact) mass is 340 g/mol. The van der Waals surface area contributed by atoms with Crippen LogP contribution < -0.4 is 16.2 Å². The van der Waals surface area contributed by atoms with Gasteiger partial charge in [0, 0.05) is 19.3 Å². The SMILES string of the molecule is NNC(=O)Cc1ccc(CCc2ncccc2N2CCOCC2)cc1. The summed E-state index contributed by atoms with van der Waals surface area (Å²) in [6.07, 6.45) is 3.96. The molecule has 0 radical (unpaired) electrons. The van der Waals surface area contributed by atoms with Crippen LogP contribution in [-0.2, 0) is 28.8 Å². The lowest BCUT2D eigenvalue weighted by atomic mass is 10.0. The third-order valence-corrected chi connectivity index (χ3v) is 4.42. The summed E-state index contributed by atoms with van der Waals surface area (Å²) >= 11 is 0. The van der Waals surface area contributed by atoms with E-state index in [1.165, 1.54) is 11.3 Å². The van der Waals surface area contributed by atoms with Crippen LogP contribution in [0.1, 0.15) is 16.8 Å². The highest BCUT2D eigenvalue weighted by atomic mass is 16.5. The standard InChI is InChI=1S/C19H24N4O2/c20-22-19(24)14-16-5-3-15(4-6-16)7-8-17-18(2-1-9-21-17)23-10-12-25-13-11-23/h1-6,9H,7-8,10-14,20H2,(H,22,24). The molecule has 1 aromatic carbocycles. The van der Waals surface area contributed by atoms with Crippen LogP contribution in [0.15, 0.2) is 42.6 Å². The van der Waals surface area contributed by atoms with Crippen LogP contribution in [-0.4, -0.2) is 37.2 Å². The number of hydrazine groups is 1. The predicted molar refractivity (Wildman–Crippen MR) is 97.2 cm³/mol. The normalized spacial score (nSPS) is 14.4. The zero-order valence-electron chi connectivity index (χ0n) is 14.3. The van der Waals surface area contributed by atoms with Gasteiger partial charge in [-0.1, -0.05) is 24.3 Å². The molecule has 0 bridgehead atoms.